The molecule has 0 aliphatic rings. The zero-order valence-corrected chi connectivity index (χ0v) is 13.7. The molecule has 2 heteroatoms. The van der Waals surface area contributed by atoms with Gasteiger partial charge in [-0.3, -0.25) is 0 Å². The van der Waals surface area contributed by atoms with Gasteiger partial charge in [-0.25, -0.2) is 0 Å². The Kier molecular flexibility index (Phi) is 8.56. The molecule has 2 nitrogen and oxygen atoms in total. The molecule has 1 aromatic rings. The van der Waals surface area contributed by atoms with Crippen molar-refractivity contribution in [1.82, 2.24) is 10.2 Å². The minimum absolute atomic E-state index is 0.455. The molecule has 114 valence electrons. The molecular formula is C18H32N2. The number of nitrogens with one attached hydrogen (secondary N) is 1. The molecule has 20 heavy (non-hydrogen) atoms. The van der Waals surface area contributed by atoms with Crippen molar-refractivity contribution in [2.45, 2.75) is 46.6 Å². The number of benzene rings is 1. The first-order valence-corrected chi connectivity index (χ1v) is 8.23. The van der Waals surface area contributed by atoms with Gasteiger partial charge in [0.1, 0.15) is 0 Å². The molecule has 0 bridgehead atoms. The molecule has 1 rings (SSSR count). The molecule has 0 spiro atoms. The van der Waals surface area contributed by atoms with E-state index >= 15 is 0 Å². The molecular weight excluding hydrogens is 244 g/mol. The van der Waals surface area contributed by atoms with Gasteiger partial charge in [0, 0.05) is 12.6 Å². The maximum atomic E-state index is 3.66. The van der Waals surface area contributed by atoms with Crippen molar-refractivity contribution in [3.8, 4) is 0 Å². The fourth-order valence-electron chi connectivity index (χ4n) is 2.80. The predicted molar refractivity (Wildman–Crippen MR) is 89.0 cm³/mol. The van der Waals surface area contributed by atoms with Crippen LogP contribution in [-0.4, -0.2) is 31.1 Å². The van der Waals surface area contributed by atoms with E-state index in [4.69, 9.17) is 0 Å². The summed E-state index contributed by atoms with van der Waals surface area (Å²) in [7, 11) is 0. The van der Waals surface area contributed by atoms with Crippen LogP contribution < -0.4 is 5.32 Å². The van der Waals surface area contributed by atoms with Gasteiger partial charge in [-0.1, -0.05) is 64.4 Å². The van der Waals surface area contributed by atoms with Crippen LogP contribution >= 0.6 is 0 Å². The van der Waals surface area contributed by atoms with Gasteiger partial charge >= 0.3 is 0 Å². The smallest absolute Gasteiger partial charge is 0.0358 e. The molecule has 0 heterocycles. The van der Waals surface area contributed by atoms with Crippen molar-refractivity contribution in [1.29, 1.82) is 0 Å². The van der Waals surface area contributed by atoms with Crippen LogP contribution in [0.4, 0.5) is 0 Å². The summed E-state index contributed by atoms with van der Waals surface area (Å²) in [4.78, 5) is 2.58. The van der Waals surface area contributed by atoms with Crippen molar-refractivity contribution in [2.24, 2.45) is 5.92 Å². The molecule has 0 fully saturated rings. The Labute approximate surface area is 125 Å². The molecule has 1 aromatic carbocycles. The third-order valence-electron chi connectivity index (χ3n) is 3.97. The summed E-state index contributed by atoms with van der Waals surface area (Å²) in [5.41, 5.74) is 1.41. The summed E-state index contributed by atoms with van der Waals surface area (Å²) >= 11 is 0. The van der Waals surface area contributed by atoms with Crippen molar-refractivity contribution in [2.75, 3.05) is 26.2 Å². The lowest BCUT2D eigenvalue weighted by molar-refractivity contribution is 0.217. The van der Waals surface area contributed by atoms with Gasteiger partial charge in [-0.2, -0.15) is 0 Å². The first-order valence-electron chi connectivity index (χ1n) is 8.23. The first-order chi connectivity index (χ1) is 9.72. The van der Waals surface area contributed by atoms with Crippen LogP contribution in [0.3, 0.4) is 0 Å². The third kappa shape index (κ3) is 5.64. The summed E-state index contributed by atoms with van der Waals surface area (Å²) in [5.74, 6) is 0.620. The van der Waals surface area contributed by atoms with Crippen molar-refractivity contribution in [3.05, 3.63) is 35.9 Å². The highest BCUT2D eigenvalue weighted by molar-refractivity contribution is 5.19. The monoisotopic (exact) mass is 276 g/mol. The third-order valence-corrected chi connectivity index (χ3v) is 3.97. The zero-order valence-electron chi connectivity index (χ0n) is 13.7. The normalized spacial score (nSPS) is 14.4. The summed E-state index contributed by atoms with van der Waals surface area (Å²) in [6.07, 6.45) is 2.58. The van der Waals surface area contributed by atoms with Crippen LogP contribution in [0.5, 0.6) is 0 Å². The van der Waals surface area contributed by atoms with Gasteiger partial charge in [0.2, 0.25) is 0 Å². The average Bonchev–Trinajstić information content (AvgIpc) is 2.49. The van der Waals surface area contributed by atoms with E-state index < -0.39 is 0 Å². The molecule has 0 saturated carbocycles. The predicted octanol–water partition coefficient (Wildman–Crippen LogP) is 4.10. The van der Waals surface area contributed by atoms with E-state index in [1.165, 1.54) is 31.5 Å². The van der Waals surface area contributed by atoms with Crippen molar-refractivity contribution >= 4 is 0 Å². The van der Waals surface area contributed by atoms with Gasteiger partial charge in [0.25, 0.3) is 0 Å². The lowest BCUT2D eigenvalue weighted by Gasteiger charge is -2.30. The van der Waals surface area contributed by atoms with Crippen LogP contribution in [-0.2, 0) is 0 Å². The first kappa shape index (κ1) is 17.2. The second kappa shape index (κ2) is 9.95. The Bertz CT molecular complexity index is 337. The second-order valence-electron chi connectivity index (χ2n) is 5.67. The molecule has 0 aliphatic heterocycles. The highest BCUT2D eigenvalue weighted by Gasteiger charge is 2.20. The number of hydrogen-bond donors (Lipinski definition) is 1. The summed E-state index contributed by atoms with van der Waals surface area (Å²) in [5, 5.41) is 3.66. The molecule has 2 unspecified atom stereocenters. The van der Waals surface area contributed by atoms with Crippen LogP contribution in [0.2, 0.25) is 0 Å². The quantitative estimate of drug-likeness (QED) is 0.692. The van der Waals surface area contributed by atoms with E-state index in [-0.39, 0.29) is 0 Å². The number of nitrogens with zero attached hydrogens (tertiary/aromatic N) is 1. The Morgan fingerprint density at radius 1 is 1.10 bits per heavy atom. The van der Waals surface area contributed by atoms with Crippen LogP contribution in [0, 0.1) is 5.92 Å². The van der Waals surface area contributed by atoms with E-state index in [1.807, 2.05) is 0 Å². The van der Waals surface area contributed by atoms with Crippen molar-refractivity contribution < 1.29 is 0 Å². The maximum Gasteiger partial charge on any atom is 0.0358 e. The van der Waals surface area contributed by atoms with E-state index in [9.17, 15) is 0 Å². The topological polar surface area (TPSA) is 15.3 Å². The Morgan fingerprint density at radius 3 is 2.35 bits per heavy atom. The summed E-state index contributed by atoms with van der Waals surface area (Å²) in [6.45, 7) is 13.7. The average molecular weight is 276 g/mol. The number of unbranched alkanes of at least 4 members (excludes halogenated alkanes) is 1. The van der Waals surface area contributed by atoms with E-state index in [1.54, 1.807) is 0 Å². The Hall–Kier alpha value is -0.860. The SMILES string of the molecule is CCCCN(CC)CC(C)C(NCC)c1ccccc1. The minimum atomic E-state index is 0.455. The van der Waals surface area contributed by atoms with Gasteiger partial charge < -0.3 is 10.2 Å². The second-order valence-corrected chi connectivity index (χ2v) is 5.67. The van der Waals surface area contributed by atoms with Crippen LogP contribution in [0.1, 0.15) is 52.1 Å². The zero-order chi connectivity index (χ0) is 14.8. The largest absolute Gasteiger partial charge is 0.310 e. The minimum Gasteiger partial charge on any atom is -0.310 e. The summed E-state index contributed by atoms with van der Waals surface area (Å²) < 4.78 is 0. The highest BCUT2D eigenvalue weighted by Crippen LogP contribution is 2.22. The molecule has 0 radical (unpaired) electrons. The fourth-order valence-corrected chi connectivity index (χ4v) is 2.80. The lowest BCUT2D eigenvalue weighted by Crippen LogP contribution is -2.36. The number of rotatable bonds is 10. The molecule has 1 N–H and O–H groups in total. The fraction of sp³-hybridized carbons (Fsp3) is 0.667. The maximum absolute atomic E-state index is 3.66. The van der Waals surface area contributed by atoms with Gasteiger partial charge in [0.15, 0.2) is 0 Å². The van der Waals surface area contributed by atoms with Gasteiger partial charge in [-0.05, 0) is 37.5 Å². The molecule has 0 saturated heterocycles. The standard InChI is InChI=1S/C18H32N2/c1-5-8-14-20(7-3)15-16(4)18(19-6-2)17-12-10-9-11-13-17/h9-13,16,18-19H,5-8,14-15H2,1-4H3. The van der Waals surface area contributed by atoms with E-state index in [2.05, 4.69) is 68.2 Å². The lowest BCUT2D eigenvalue weighted by atomic mass is 9.93. The van der Waals surface area contributed by atoms with Gasteiger partial charge in [-0.15, -0.1) is 0 Å². The van der Waals surface area contributed by atoms with Gasteiger partial charge in [0.05, 0.1) is 0 Å². The Morgan fingerprint density at radius 2 is 1.80 bits per heavy atom. The summed E-state index contributed by atoms with van der Waals surface area (Å²) in [6, 6.07) is 11.3. The van der Waals surface area contributed by atoms with Crippen LogP contribution in [0.25, 0.3) is 0 Å². The van der Waals surface area contributed by atoms with E-state index in [0.717, 1.165) is 13.1 Å². The molecule has 0 aromatic heterocycles. The van der Waals surface area contributed by atoms with E-state index in [0.29, 0.717) is 12.0 Å². The van der Waals surface area contributed by atoms with Crippen LogP contribution in [0.15, 0.2) is 30.3 Å². The molecule has 0 aliphatic carbocycles. The highest BCUT2D eigenvalue weighted by atomic mass is 15.1. The number of hydrogen-bond acceptors (Lipinski definition) is 2. The Balaban J connectivity index is 2.66. The molecule has 2 atom stereocenters. The van der Waals surface area contributed by atoms with Crippen molar-refractivity contribution in [3.63, 3.8) is 0 Å². The molecule has 0 amide bonds.